The molecule has 8 nitrogen and oxygen atoms in total. The lowest BCUT2D eigenvalue weighted by Gasteiger charge is -2.33. The smallest absolute Gasteiger partial charge is 0.224 e. The molecule has 35 heavy (non-hydrogen) atoms. The monoisotopic (exact) mass is 475 g/mol. The predicted octanol–water partition coefficient (Wildman–Crippen LogP) is 4.05. The highest BCUT2D eigenvalue weighted by molar-refractivity contribution is 5.98. The SMILES string of the molecule is CCOc1ccc(NC(=O)CCC(=O)Nc2ccc3nc(N4CCN(C)CC4)cc(C)c3c2)cc1. The molecule has 1 saturated heterocycles. The van der Waals surface area contributed by atoms with Crippen molar-refractivity contribution in [1.82, 2.24) is 9.88 Å². The summed E-state index contributed by atoms with van der Waals surface area (Å²) in [7, 11) is 2.14. The molecule has 184 valence electrons. The number of anilines is 3. The fourth-order valence-corrected chi connectivity index (χ4v) is 4.13. The second kappa shape index (κ2) is 11.2. The number of amides is 2. The van der Waals surface area contributed by atoms with Crippen molar-refractivity contribution >= 4 is 39.9 Å². The van der Waals surface area contributed by atoms with Gasteiger partial charge in [-0.05, 0) is 75.0 Å². The number of hydrogen-bond acceptors (Lipinski definition) is 6. The summed E-state index contributed by atoms with van der Waals surface area (Å²) in [5, 5.41) is 6.72. The first-order valence-corrected chi connectivity index (χ1v) is 12.1. The molecule has 0 radical (unpaired) electrons. The minimum absolute atomic E-state index is 0.0977. The molecule has 0 bridgehead atoms. The molecule has 1 aromatic heterocycles. The molecule has 2 amide bonds. The first kappa shape index (κ1) is 24.5. The molecule has 4 rings (SSSR count). The van der Waals surface area contributed by atoms with Gasteiger partial charge >= 0.3 is 0 Å². The molecule has 2 heterocycles. The number of nitrogens with zero attached hydrogens (tertiary/aromatic N) is 3. The molecule has 3 aromatic rings. The molecule has 0 aliphatic carbocycles. The van der Waals surface area contributed by atoms with Crippen molar-refractivity contribution < 1.29 is 14.3 Å². The van der Waals surface area contributed by atoms with E-state index in [1.165, 1.54) is 0 Å². The lowest BCUT2D eigenvalue weighted by Crippen LogP contribution is -2.44. The van der Waals surface area contributed by atoms with Gasteiger partial charge in [-0.2, -0.15) is 0 Å². The van der Waals surface area contributed by atoms with Crippen molar-refractivity contribution in [3.8, 4) is 5.75 Å². The summed E-state index contributed by atoms with van der Waals surface area (Å²) in [6.45, 7) is 8.57. The number of fused-ring (bicyclic) bond motifs is 1. The third-order valence-electron chi connectivity index (χ3n) is 6.14. The molecule has 2 N–H and O–H groups in total. The van der Waals surface area contributed by atoms with E-state index in [1.807, 2.05) is 25.1 Å². The Morgan fingerprint density at radius 2 is 1.54 bits per heavy atom. The summed E-state index contributed by atoms with van der Waals surface area (Å²) in [5.41, 5.74) is 3.40. The average Bonchev–Trinajstić information content (AvgIpc) is 2.85. The van der Waals surface area contributed by atoms with Gasteiger partial charge in [0.2, 0.25) is 11.8 Å². The highest BCUT2D eigenvalue weighted by atomic mass is 16.5. The number of hydrogen-bond donors (Lipinski definition) is 2. The van der Waals surface area contributed by atoms with Crippen molar-refractivity contribution in [2.75, 3.05) is 55.4 Å². The van der Waals surface area contributed by atoms with Gasteiger partial charge in [-0.15, -0.1) is 0 Å². The number of rotatable bonds is 8. The molecular formula is C27H33N5O3. The molecule has 2 aromatic carbocycles. The minimum atomic E-state index is -0.209. The van der Waals surface area contributed by atoms with Gasteiger partial charge < -0.3 is 25.2 Å². The molecule has 1 aliphatic heterocycles. The fourth-order valence-electron chi connectivity index (χ4n) is 4.13. The third-order valence-corrected chi connectivity index (χ3v) is 6.14. The number of carbonyl (C=O) groups excluding carboxylic acids is 2. The van der Waals surface area contributed by atoms with Gasteiger partial charge in [0.1, 0.15) is 11.6 Å². The Hall–Kier alpha value is -3.65. The van der Waals surface area contributed by atoms with E-state index in [0.717, 1.165) is 54.2 Å². The van der Waals surface area contributed by atoms with Crippen molar-refractivity contribution in [3.63, 3.8) is 0 Å². The number of likely N-dealkylation sites (N-methyl/N-ethyl adjacent to an activating group) is 1. The summed E-state index contributed by atoms with van der Waals surface area (Å²) in [6.07, 6.45) is 0.196. The Kier molecular flexibility index (Phi) is 7.82. The molecule has 0 spiro atoms. The number of ether oxygens (including phenoxy) is 1. The van der Waals surface area contributed by atoms with Crippen LogP contribution in [0.5, 0.6) is 5.75 Å². The van der Waals surface area contributed by atoms with Crippen LogP contribution in [0.25, 0.3) is 10.9 Å². The van der Waals surface area contributed by atoms with Crippen molar-refractivity contribution in [1.29, 1.82) is 0 Å². The summed E-state index contributed by atoms with van der Waals surface area (Å²) in [5.74, 6) is 1.34. The second-order valence-corrected chi connectivity index (χ2v) is 8.87. The van der Waals surface area contributed by atoms with E-state index in [-0.39, 0.29) is 24.7 Å². The Bertz CT molecular complexity index is 1190. The second-order valence-electron chi connectivity index (χ2n) is 8.87. The van der Waals surface area contributed by atoms with Crippen LogP contribution in [0.4, 0.5) is 17.2 Å². The molecule has 0 saturated carbocycles. The van der Waals surface area contributed by atoms with Crippen LogP contribution in [-0.2, 0) is 9.59 Å². The van der Waals surface area contributed by atoms with E-state index in [9.17, 15) is 9.59 Å². The number of aromatic nitrogens is 1. The molecule has 0 atom stereocenters. The van der Waals surface area contributed by atoms with Crippen LogP contribution in [0, 0.1) is 6.92 Å². The zero-order chi connectivity index (χ0) is 24.8. The normalized spacial score (nSPS) is 14.1. The number of benzene rings is 2. The first-order valence-electron chi connectivity index (χ1n) is 12.1. The van der Waals surface area contributed by atoms with Crippen LogP contribution < -0.4 is 20.3 Å². The minimum Gasteiger partial charge on any atom is -0.494 e. The van der Waals surface area contributed by atoms with Crippen molar-refractivity contribution in [2.24, 2.45) is 0 Å². The maximum atomic E-state index is 12.5. The standard InChI is InChI=1S/C27H33N5O3/c1-4-35-22-8-5-20(6-9-22)28-26(33)11-12-27(34)29-21-7-10-24-23(18-21)19(2)17-25(30-24)32-15-13-31(3)14-16-32/h5-10,17-18H,4,11-16H2,1-3H3,(H,28,33)(H,29,34). The summed E-state index contributed by atoms with van der Waals surface area (Å²) >= 11 is 0. The van der Waals surface area contributed by atoms with E-state index in [0.29, 0.717) is 18.0 Å². The summed E-state index contributed by atoms with van der Waals surface area (Å²) in [6, 6.07) is 15.0. The maximum absolute atomic E-state index is 12.5. The van der Waals surface area contributed by atoms with Gasteiger partial charge in [-0.25, -0.2) is 4.98 Å². The van der Waals surface area contributed by atoms with Crippen LogP contribution in [-0.4, -0.2) is 61.5 Å². The number of piperazine rings is 1. The Labute approximate surface area is 206 Å². The van der Waals surface area contributed by atoms with Gasteiger partial charge in [-0.3, -0.25) is 9.59 Å². The molecular weight excluding hydrogens is 442 g/mol. The lowest BCUT2D eigenvalue weighted by atomic mass is 10.1. The zero-order valence-corrected chi connectivity index (χ0v) is 20.6. The molecule has 1 aliphatic rings. The first-order chi connectivity index (χ1) is 16.9. The van der Waals surface area contributed by atoms with Crippen LogP contribution in [0.3, 0.4) is 0 Å². The number of carbonyl (C=O) groups is 2. The highest BCUT2D eigenvalue weighted by Crippen LogP contribution is 2.26. The molecule has 8 heteroatoms. The maximum Gasteiger partial charge on any atom is 0.224 e. The van der Waals surface area contributed by atoms with E-state index >= 15 is 0 Å². The average molecular weight is 476 g/mol. The molecule has 1 fully saturated rings. The van der Waals surface area contributed by atoms with Gasteiger partial charge in [0, 0.05) is 55.8 Å². The van der Waals surface area contributed by atoms with E-state index < -0.39 is 0 Å². The number of pyridine rings is 1. The van der Waals surface area contributed by atoms with E-state index in [1.54, 1.807) is 24.3 Å². The highest BCUT2D eigenvalue weighted by Gasteiger charge is 2.17. The molecule has 0 unspecified atom stereocenters. The van der Waals surface area contributed by atoms with Crippen molar-refractivity contribution in [3.05, 3.63) is 54.1 Å². The topological polar surface area (TPSA) is 86.8 Å². The van der Waals surface area contributed by atoms with Crippen LogP contribution in [0.2, 0.25) is 0 Å². The Morgan fingerprint density at radius 1 is 0.914 bits per heavy atom. The van der Waals surface area contributed by atoms with Crippen LogP contribution in [0.1, 0.15) is 25.3 Å². The van der Waals surface area contributed by atoms with Gasteiger partial charge in [-0.1, -0.05) is 0 Å². The fraction of sp³-hybridized carbons (Fsp3) is 0.370. The summed E-state index contributed by atoms with van der Waals surface area (Å²) in [4.78, 5) is 34.2. The number of nitrogens with one attached hydrogen (secondary N) is 2. The van der Waals surface area contributed by atoms with Crippen LogP contribution >= 0.6 is 0 Å². The third kappa shape index (κ3) is 6.48. The van der Waals surface area contributed by atoms with Crippen molar-refractivity contribution in [2.45, 2.75) is 26.7 Å². The van der Waals surface area contributed by atoms with E-state index in [4.69, 9.17) is 9.72 Å². The summed E-state index contributed by atoms with van der Waals surface area (Å²) < 4.78 is 5.40. The number of aryl methyl sites for hydroxylation is 1. The van der Waals surface area contributed by atoms with Gasteiger partial charge in [0.25, 0.3) is 0 Å². The quantitative estimate of drug-likeness (QED) is 0.511. The van der Waals surface area contributed by atoms with E-state index in [2.05, 4.69) is 40.5 Å². The zero-order valence-electron chi connectivity index (χ0n) is 20.6. The predicted molar refractivity (Wildman–Crippen MR) is 140 cm³/mol. The lowest BCUT2D eigenvalue weighted by molar-refractivity contribution is -0.121. The van der Waals surface area contributed by atoms with Crippen LogP contribution in [0.15, 0.2) is 48.5 Å². The van der Waals surface area contributed by atoms with Gasteiger partial charge in [0.15, 0.2) is 0 Å². The largest absolute Gasteiger partial charge is 0.494 e. The Morgan fingerprint density at radius 3 is 2.20 bits per heavy atom. The Balaban J connectivity index is 1.32. The van der Waals surface area contributed by atoms with Gasteiger partial charge in [0.05, 0.1) is 12.1 Å².